The van der Waals surface area contributed by atoms with E-state index >= 15 is 0 Å². The minimum absolute atomic E-state index is 0.0677. The first-order valence-corrected chi connectivity index (χ1v) is 10.9. The van der Waals surface area contributed by atoms with Crippen molar-refractivity contribution in [2.45, 2.75) is 56.8 Å². The number of carboxylic acids is 1. The van der Waals surface area contributed by atoms with Crippen LogP contribution in [0.1, 0.15) is 47.6 Å². The Balaban J connectivity index is 0.000000318. The van der Waals surface area contributed by atoms with Crippen molar-refractivity contribution in [3.8, 4) is 0 Å². The molecule has 0 bridgehead atoms. The van der Waals surface area contributed by atoms with E-state index in [0.717, 1.165) is 44.0 Å². The number of aromatic nitrogens is 1. The molecular formula is C19H26F3N3O4S. The van der Waals surface area contributed by atoms with Crippen LogP contribution < -0.4 is 0 Å². The van der Waals surface area contributed by atoms with Crippen molar-refractivity contribution in [1.82, 2.24) is 14.8 Å². The summed E-state index contributed by atoms with van der Waals surface area (Å²) < 4.78 is 37.9. The molecule has 1 spiro atoms. The Morgan fingerprint density at radius 3 is 2.53 bits per heavy atom. The summed E-state index contributed by atoms with van der Waals surface area (Å²) in [6, 6.07) is 0.641. The van der Waals surface area contributed by atoms with Crippen molar-refractivity contribution in [2.75, 3.05) is 32.8 Å². The predicted octanol–water partition coefficient (Wildman–Crippen LogP) is 2.94. The van der Waals surface area contributed by atoms with Crippen molar-refractivity contribution < 1.29 is 32.6 Å². The van der Waals surface area contributed by atoms with Gasteiger partial charge in [-0.3, -0.25) is 4.79 Å². The van der Waals surface area contributed by atoms with Gasteiger partial charge < -0.3 is 19.6 Å². The highest BCUT2D eigenvalue weighted by atomic mass is 32.1. The van der Waals surface area contributed by atoms with Gasteiger partial charge in [0.2, 0.25) is 0 Å². The molecule has 30 heavy (non-hydrogen) atoms. The second-order valence-corrected chi connectivity index (χ2v) is 9.01. The average Bonchev–Trinajstić information content (AvgIpc) is 3.42. The SMILES string of the molecule is Cc1nc(C(=O)N2CC[C@@]3(C[C@H](N4CCCC4)CCO3)C2)cs1.O=C(O)C(F)(F)F. The van der Waals surface area contributed by atoms with Crippen LogP contribution in [0.5, 0.6) is 0 Å². The molecule has 4 heterocycles. The van der Waals surface area contributed by atoms with Crippen LogP contribution in [0.25, 0.3) is 0 Å². The van der Waals surface area contributed by atoms with Gasteiger partial charge in [-0.15, -0.1) is 11.3 Å². The first kappa shape index (κ1) is 23.0. The number of ether oxygens (including phenoxy) is 1. The number of hydrogen-bond acceptors (Lipinski definition) is 6. The predicted molar refractivity (Wildman–Crippen MR) is 104 cm³/mol. The third kappa shape index (κ3) is 5.50. The number of alkyl halides is 3. The molecule has 0 radical (unpaired) electrons. The van der Waals surface area contributed by atoms with E-state index in [0.29, 0.717) is 11.7 Å². The van der Waals surface area contributed by atoms with E-state index in [4.69, 9.17) is 14.6 Å². The molecule has 0 aliphatic carbocycles. The molecular weight excluding hydrogens is 423 g/mol. The van der Waals surface area contributed by atoms with Gasteiger partial charge in [0, 0.05) is 24.6 Å². The van der Waals surface area contributed by atoms with Crippen molar-refractivity contribution in [3.05, 3.63) is 16.1 Å². The summed E-state index contributed by atoms with van der Waals surface area (Å²) in [5, 5.41) is 9.95. The fourth-order valence-corrected chi connectivity index (χ4v) is 4.93. The van der Waals surface area contributed by atoms with Gasteiger partial charge in [-0.1, -0.05) is 0 Å². The van der Waals surface area contributed by atoms with Gasteiger partial charge in [0.05, 0.1) is 17.2 Å². The molecule has 1 N–H and O–H groups in total. The van der Waals surface area contributed by atoms with Crippen LogP contribution in [0.2, 0.25) is 0 Å². The lowest BCUT2D eigenvalue weighted by Crippen LogP contribution is -2.49. The van der Waals surface area contributed by atoms with Gasteiger partial charge >= 0.3 is 12.1 Å². The van der Waals surface area contributed by atoms with Gasteiger partial charge in [-0.25, -0.2) is 9.78 Å². The molecule has 0 aromatic carbocycles. The lowest BCUT2D eigenvalue weighted by atomic mass is 9.89. The minimum Gasteiger partial charge on any atom is -0.475 e. The first-order chi connectivity index (χ1) is 14.1. The number of carboxylic acid groups (broad SMARTS) is 1. The topological polar surface area (TPSA) is 83.0 Å². The highest BCUT2D eigenvalue weighted by Gasteiger charge is 2.46. The second kappa shape index (κ2) is 9.19. The number of likely N-dealkylation sites (tertiary alicyclic amines) is 2. The largest absolute Gasteiger partial charge is 0.490 e. The molecule has 168 valence electrons. The molecule has 3 aliphatic rings. The van der Waals surface area contributed by atoms with Gasteiger partial charge in [0.25, 0.3) is 5.91 Å². The molecule has 3 saturated heterocycles. The number of hydrogen-bond donors (Lipinski definition) is 1. The Kier molecular flexibility index (Phi) is 7.03. The summed E-state index contributed by atoms with van der Waals surface area (Å²) in [5.74, 6) is -2.69. The van der Waals surface area contributed by atoms with Crippen LogP contribution in [-0.4, -0.2) is 82.4 Å². The Hall–Kier alpha value is -1.72. The molecule has 4 rings (SSSR count). The maximum Gasteiger partial charge on any atom is 0.490 e. The van der Waals surface area contributed by atoms with E-state index in [9.17, 15) is 18.0 Å². The highest BCUT2D eigenvalue weighted by molar-refractivity contribution is 7.09. The van der Waals surface area contributed by atoms with Crippen molar-refractivity contribution in [1.29, 1.82) is 0 Å². The third-order valence-corrected chi connectivity index (χ3v) is 6.58. The van der Waals surface area contributed by atoms with Gasteiger partial charge in [0.1, 0.15) is 5.69 Å². The first-order valence-electron chi connectivity index (χ1n) is 9.99. The van der Waals surface area contributed by atoms with Gasteiger partial charge in [-0.2, -0.15) is 13.2 Å². The van der Waals surface area contributed by atoms with Crippen molar-refractivity contribution in [2.24, 2.45) is 0 Å². The molecule has 3 fully saturated rings. The smallest absolute Gasteiger partial charge is 0.475 e. The molecule has 1 amide bonds. The Morgan fingerprint density at radius 1 is 1.30 bits per heavy atom. The number of carbonyl (C=O) groups excluding carboxylic acids is 1. The van der Waals surface area contributed by atoms with Crippen LogP contribution in [-0.2, 0) is 9.53 Å². The average molecular weight is 449 g/mol. The number of aliphatic carboxylic acids is 1. The van der Waals surface area contributed by atoms with Gasteiger partial charge in [0.15, 0.2) is 0 Å². The highest BCUT2D eigenvalue weighted by Crippen LogP contribution is 2.37. The van der Waals surface area contributed by atoms with E-state index in [2.05, 4.69) is 9.88 Å². The lowest BCUT2D eigenvalue weighted by molar-refractivity contribution is -0.192. The minimum atomic E-state index is -5.08. The van der Waals surface area contributed by atoms with E-state index in [1.807, 2.05) is 17.2 Å². The molecule has 2 atom stereocenters. The van der Waals surface area contributed by atoms with Crippen LogP contribution in [0.3, 0.4) is 0 Å². The number of carbonyl (C=O) groups is 2. The van der Waals surface area contributed by atoms with Crippen LogP contribution in [0.15, 0.2) is 5.38 Å². The van der Waals surface area contributed by atoms with Crippen LogP contribution in [0, 0.1) is 6.92 Å². The normalized spacial score (nSPS) is 27.2. The monoisotopic (exact) mass is 449 g/mol. The van der Waals surface area contributed by atoms with Crippen LogP contribution >= 0.6 is 11.3 Å². The van der Waals surface area contributed by atoms with E-state index < -0.39 is 12.1 Å². The van der Waals surface area contributed by atoms with Gasteiger partial charge in [-0.05, 0) is 52.1 Å². The quantitative estimate of drug-likeness (QED) is 0.748. The number of rotatable bonds is 2. The zero-order chi connectivity index (χ0) is 21.9. The summed E-state index contributed by atoms with van der Waals surface area (Å²) >= 11 is 1.54. The number of amides is 1. The summed E-state index contributed by atoms with van der Waals surface area (Å²) in [4.78, 5) is 30.5. The zero-order valence-corrected chi connectivity index (χ0v) is 17.6. The Morgan fingerprint density at radius 2 is 1.97 bits per heavy atom. The van der Waals surface area contributed by atoms with E-state index in [1.165, 1.54) is 37.3 Å². The summed E-state index contributed by atoms with van der Waals surface area (Å²) in [7, 11) is 0. The van der Waals surface area contributed by atoms with E-state index in [-0.39, 0.29) is 11.5 Å². The molecule has 0 saturated carbocycles. The fourth-order valence-electron chi connectivity index (χ4n) is 4.35. The number of thiazole rings is 1. The molecule has 7 nitrogen and oxygen atoms in total. The lowest BCUT2D eigenvalue weighted by Gasteiger charge is -2.41. The molecule has 0 unspecified atom stereocenters. The molecule has 1 aromatic rings. The van der Waals surface area contributed by atoms with Crippen molar-refractivity contribution >= 4 is 23.2 Å². The fraction of sp³-hybridized carbons (Fsp3) is 0.737. The molecule has 1 aromatic heterocycles. The van der Waals surface area contributed by atoms with Crippen molar-refractivity contribution in [3.63, 3.8) is 0 Å². The number of nitrogens with zero attached hydrogens (tertiary/aromatic N) is 3. The maximum absolute atomic E-state index is 12.6. The molecule has 11 heteroatoms. The third-order valence-electron chi connectivity index (χ3n) is 5.81. The zero-order valence-electron chi connectivity index (χ0n) is 16.8. The molecule has 3 aliphatic heterocycles. The summed E-state index contributed by atoms with van der Waals surface area (Å²) in [6.45, 7) is 6.77. The Bertz CT molecular complexity index is 766. The van der Waals surface area contributed by atoms with E-state index in [1.54, 1.807) is 0 Å². The van der Waals surface area contributed by atoms with Crippen LogP contribution in [0.4, 0.5) is 13.2 Å². The number of halogens is 3. The Labute approximate surface area is 176 Å². The summed E-state index contributed by atoms with van der Waals surface area (Å²) in [5.41, 5.74) is 0.475. The maximum atomic E-state index is 12.6. The second-order valence-electron chi connectivity index (χ2n) is 7.95. The summed E-state index contributed by atoms with van der Waals surface area (Å²) in [6.07, 6.45) is 0.760. The standard InChI is InChI=1S/C17H25N3O2S.C2HF3O2/c1-13-18-15(11-23-13)16(21)20-8-5-17(12-20)10-14(4-9-22-17)19-6-2-3-7-19;3-2(4,5)1(6)7/h11,14H,2-10,12H2,1H3;(H,6,7)/t14-,17-;/m1./s1. The number of aryl methyl sites for hydroxylation is 1.